The van der Waals surface area contributed by atoms with Crippen LogP contribution in [0.3, 0.4) is 0 Å². The van der Waals surface area contributed by atoms with E-state index in [4.69, 9.17) is 4.74 Å². The van der Waals surface area contributed by atoms with Crippen LogP contribution in [0.25, 0.3) is 0 Å². The fourth-order valence-corrected chi connectivity index (χ4v) is 6.20. The number of fused-ring (bicyclic) bond motifs is 1. The number of hydrogen-bond acceptors (Lipinski definition) is 4. The first-order valence-corrected chi connectivity index (χ1v) is 12.9. The van der Waals surface area contributed by atoms with E-state index in [2.05, 4.69) is 23.5 Å². The number of aryl methyl sites for hydroxylation is 2. The molecule has 0 aromatic heterocycles. The molecular formula is C25H32N2O4S. The molecule has 2 aromatic rings. The molecule has 1 fully saturated rings. The molecule has 0 radical (unpaired) electrons. The average Bonchev–Trinajstić information content (AvgIpc) is 2.83. The molecule has 7 heteroatoms. The predicted molar refractivity (Wildman–Crippen MR) is 125 cm³/mol. The minimum absolute atomic E-state index is 0.131. The van der Waals surface area contributed by atoms with E-state index in [1.165, 1.54) is 47.5 Å². The zero-order valence-electron chi connectivity index (χ0n) is 18.9. The second kappa shape index (κ2) is 9.63. The van der Waals surface area contributed by atoms with Gasteiger partial charge in [0.15, 0.2) is 0 Å². The number of piperidine rings is 1. The van der Waals surface area contributed by atoms with Crippen LogP contribution in [-0.4, -0.2) is 38.8 Å². The van der Waals surface area contributed by atoms with E-state index in [1.54, 1.807) is 6.07 Å². The SMILES string of the molecule is COc1ccc(S(=O)(=O)N2CCCCC2)cc1C(=O)N[C@@H](C)c1ccc2c(c1)CCCC2. The van der Waals surface area contributed by atoms with Crippen LogP contribution < -0.4 is 10.1 Å². The molecule has 0 bridgehead atoms. The summed E-state index contributed by atoms with van der Waals surface area (Å²) >= 11 is 0. The van der Waals surface area contributed by atoms with Crippen molar-refractivity contribution in [2.75, 3.05) is 20.2 Å². The molecule has 1 heterocycles. The lowest BCUT2D eigenvalue weighted by molar-refractivity contribution is 0.0936. The molecule has 1 aliphatic carbocycles. The summed E-state index contributed by atoms with van der Waals surface area (Å²) in [6.07, 6.45) is 7.40. The van der Waals surface area contributed by atoms with Gasteiger partial charge in [0.2, 0.25) is 10.0 Å². The fraction of sp³-hybridized carbons (Fsp3) is 0.480. The Morgan fingerprint density at radius 3 is 2.41 bits per heavy atom. The van der Waals surface area contributed by atoms with Crippen molar-refractivity contribution in [2.24, 2.45) is 0 Å². The lowest BCUT2D eigenvalue weighted by atomic mass is 9.89. The number of benzene rings is 2. The van der Waals surface area contributed by atoms with Gasteiger partial charge in [0.1, 0.15) is 5.75 Å². The maximum absolute atomic E-state index is 13.2. The Morgan fingerprint density at radius 2 is 1.69 bits per heavy atom. The van der Waals surface area contributed by atoms with Crippen LogP contribution >= 0.6 is 0 Å². The van der Waals surface area contributed by atoms with E-state index in [1.807, 2.05) is 6.92 Å². The Balaban J connectivity index is 1.56. The lowest BCUT2D eigenvalue weighted by Gasteiger charge is -2.26. The number of amides is 1. The molecule has 1 amide bonds. The quantitative estimate of drug-likeness (QED) is 0.705. The Morgan fingerprint density at radius 1 is 0.969 bits per heavy atom. The van der Waals surface area contributed by atoms with Crippen molar-refractivity contribution in [2.45, 2.75) is 62.8 Å². The third kappa shape index (κ3) is 4.69. The van der Waals surface area contributed by atoms with Crippen molar-refractivity contribution >= 4 is 15.9 Å². The van der Waals surface area contributed by atoms with Crippen LogP contribution in [0.15, 0.2) is 41.3 Å². The molecule has 1 atom stereocenters. The molecule has 2 aliphatic rings. The first kappa shape index (κ1) is 22.8. The van der Waals surface area contributed by atoms with E-state index < -0.39 is 10.0 Å². The molecule has 4 rings (SSSR count). The summed E-state index contributed by atoms with van der Waals surface area (Å²) in [6, 6.07) is 10.7. The van der Waals surface area contributed by atoms with Gasteiger partial charge in [-0.15, -0.1) is 0 Å². The molecule has 2 aromatic carbocycles. The van der Waals surface area contributed by atoms with Crippen LogP contribution in [0.2, 0.25) is 0 Å². The van der Waals surface area contributed by atoms with Crippen LogP contribution in [0.1, 0.15) is 72.1 Å². The van der Waals surface area contributed by atoms with Crippen LogP contribution in [0.4, 0.5) is 0 Å². The van der Waals surface area contributed by atoms with Gasteiger partial charge in [0.25, 0.3) is 5.91 Å². The zero-order valence-corrected chi connectivity index (χ0v) is 19.7. The Bertz CT molecular complexity index is 1090. The van der Waals surface area contributed by atoms with Crippen LogP contribution in [-0.2, 0) is 22.9 Å². The normalized spacial score (nSPS) is 17.9. The number of carbonyl (C=O) groups is 1. The summed E-state index contributed by atoms with van der Waals surface area (Å²) in [5.74, 6) is 0.0144. The summed E-state index contributed by atoms with van der Waals surface area (Å²) in [6.45, 7) is 2.99. The highest BCUT2D eigenvalue weighted by atomic mass is 32.2. The summed E-state index contributed by atoms with van der Waals surface area (Å²) < 4.78 is 33.1. The van der Waals surface area contributed by atoms with Crippen LogP contribution in [0, 0.1) is 0 Å². The van der Waals surface area contributed by atoms with Gasteiger partial charge >= 0.3 is 0 Å². The van der Waals surface area contributed by atoms with Gasteiger partial charge in [-0.25, -0.2) is 8.42 Å². The number of rotatable bonds is 6. The van der Waals surface area contributed by atoms with Gasteiger partial charge in [0.05, 0.1) is 23.6 Å². The number of nitrogens with zero attached hydrogens (tertiary/aromatic N) is 1. The van der Waals surface area contributed by atoms with Crippen molar-refractivity contribution < 1.29 is 17.9 Å². The van der Waals surface area contributed by atoms with Crippen molar-refractivity contribution in [1.82, 2.24) is 9.62 Å². The van der Waals surface area contributed by atoms with E-state index in [9.17, 15) is 13.2 Å². The second-order valence-corrected chi connectivity index (χ2v) is 10.7. The Hall–Kier alpha value is -2.38. The molecular weight excluding hydrogens is 424 g/mol. The molecule has 0 unspecified atom stereocenters. The zero-order chi connectivity index (χ0) is 22.7. The minimum atomic E-state index is -3.64. The smallest absolute Gasteiger partial charge is 0.255 e. The molecule has 1 N–H and O–H groups in total. The summed E-state index contributed by atoms with van der Waals surface area (Å²) in [4.78, 5) is 13.3. The van der Waals surface area contributed by atoms with Gasteiger partial charge in [-0.3, -0.25) is 4.79 Å². The van der Waals surface area contributed by atoms with E-state index in [0.717, 1.165) is 37.7 Å². The standard InChI is InChI=1S/C25H32N2O4S/c1-18(20-11-10-19-8-4-5-9-21(19)16-20)26-25(28)23-17-22(12-13-24(23)31-2)32(29,30)27-14-6-3-7-15-27/h10-13,16-18H,3-9,14-15H2,1-2H3,(H,26,28)/t18-/m0/s1. The van der Waals surface area contributed by atoms with Gasteiger partial charge in [-0.2, -0.15) is 4.31 Å². The number of nitrogens with one attached hydrogen (secondary N) is 1. The third-order valence-corrected chi connectivity index (χ3v) is 8.48. The summed E-state index contributed by atoms with van der Waals surface area (Å²) in [7, 11) is -2.15. The van der Waals surface area contributed by atoms with E-state index in [-0.39, 0.29) is 22.4 Å². The van der Waals surface area contributed by atoms with Crippen molar-refractivity contribution in [3.8, 4) is 5.75 Å². The number of hydrogen-bond donors (Lipinski definition) is 1. The van der Waals surface area contributed by atoms with Gasteiger partial charge in [-0.05, 0) is 80.3 Å². The molecule has 0 saturated carbocycles. The maximum atomic E-state index is 13.2. The molecule has 6 nitrogen and oxygen atoms in total. The van der Waals surface area contributed by atoms with Gasteiger partial charge in [-0.1, -0.05) is 24.6 Å². The fourth-order valence-electron chi connectivity index (χ4n) is 4.66. The van der Waals surface area contributed by atoms with E-state index in [0.29, 0.717) is 18.8 Å². The highest BCUT2D eigenvalue weighted by Crippen LogP contribution is 2.28. The lowest BCUT2D eigenvalue weighted by Crippen LogP contribution is -2.35. The topological polar surface area (TPSA) is 75.7 Å². The summed E-state index contributed by atoms with van der Waals surface area (Å²) in [5.41, 5.74) is 4.04. The monoisotopic (exact) mass is 456 g/mol. The van der Waals surface area contributed by atoms with Crippen molar-refractivity contribution in [1.29, 1.82) is 0 Å². The highest BCUT2D eigenvalue weighted by Gasteiger charge is 2.28. The van der Waals surface area contributed by atoms with E-state index >= 15 is 0 Å². The first-order valence-electron chi connectivity index (χ1n) is 11.5. The molecule has 172 valence electrons. The maximum Gasteiger partial charge on any atom is 0.255 e. The molecule has 1 saturated heterocycles. The molecule has 0 spiro atoms. The summed E-state index contributed by atoms with van der Waals surface area (Å²) in [5, 5.41) is 3.02. The number of methoxy groups -OCH3 is 1. The Kier molecular flexibility index (Phi) is 6.86. The largest absolute Gasteiger partial charge is 0.496 e. The minimum Gasteiger partial charge on any atom is -0.496 e. The molecule has 32 heavy (non-hydrogen) atoms. The number of ether oxygens (including phenoxy) is 1. The average molecular weight is 457 g/mol. The van der Waals surface area contributed by atoms with Gasteiger partial charge in [0, 0.05) is 13.1 Å². The second-order valence-electron chi connectivity index (χ2n) is 8.76. The van der Waals surface area contributed by atoms with Crippen molar-refractivity contribution in [3.63, 3.8) is 0 Å². The van der Waals surface area contributed by atoms with Crippen LogP contribution in [0.5, 0.6) is 5.75 Å². The highest BCUT2D eigenvalue weighted by molar-refractivity contribution is 7.89. The molecule has 1 aliphatic heterocycles. The predicted octanol–water partition coefficient (Wildman–Crippen LogP) is 4.24. The van der Waals surface area contributed by atoms with Crippen molar-refractivity contribution in [3.05, 3.63) is 58.7 Å². The Labute approximate surface area is 191 Å². The first-order chi connectivity index (χ1) is 15.4. The number of sulfonamides is 1. The van der Waals surface area contributed by atoms with Gasteiger partial charge < -0.3 is 10.1 Å². The number of carbonyl (C=O) groups excluding carboxylic acids is 1. The third-order valence-electron chi connectivity index (χ3n) is 6.59.